The Hall–Kier alpha value is -1.16. The third-order valence-corrected chi connectivity index (χ3v) is 2.36. The van der Waals surface area contributed by atoms with Crippen LogP contribution in [-0.4, -0.2) is 16.7 Å². The highest BCUT2D eigenvalue weighted by molar-refractivity contribution is 5.15. The lowest BCUT2D eigenvalue weighted by Crippen LogP contribution is -2.25. The Kier molecular flexibility index (Phi) is 4.68. The van der Waals surface area contributed by atoms with E-state index in [0.29, 0.717) is 18.4 Å². The average Bonchev–Trinajstić information content (AvgIpc) is 2.20. The fraction of sp³-hybridized carbons (Fsp3) is 0.667. The molecule has 1 aromatic rings. The quantitative estimate of drug-likeness (QED) is 0.797. The molecule has 0 radical (unpaired) electrons. The number of nitrogens with zero attached hydrogens (tertiary/aromatic N) is 1. The summed E-state index contributed by atoms with van der Waals surface area (Å²) in [6.07, 6.45) is 0. The summed E-state index contributed by atoms with van der Waals surface area (Å²) in [4.78, 5) is 11.5. The molecular weight excluding hydrogens is 202 g/mol. The molecular formula is C12H21N3O. The van der Waals surface area contributed by atoms with Crippen molar-refractivity contribution in [2.75, 3.05) is 6.54 Å². The van der Waals surface area contributed by atoms with Crippen molar-refractivity contribution in [3.8, 4) is 0 Å². The summed E-state index contributed by atoms with van der Waals surface area (Å²) in [7, 11) is 0. The minimum Gasteiger partial charge on any atom is -0.312 e. The Morgan fingerprint density at radius 3 is 2.62 bits per heavy atom. The molecule has 1 rings (SSSR count). The molecule has 1 aromatic heterocycles. The first-order chi connectivity index (χ1) is 7.50. The SMILES string of the molecule is CC(C)CNCc1cc(C(C)C)n[nH]c1=O. The minimum atomic E-state index is -0.0966. The van der Waals surface area contributed by atoms with Gasteiger partial charge in [0.25, 0.3) is 5.56 Å². The van der Waals surface area contributed by atoms with Crippen molar-refractivity contribution in [1.29, 1.82) is 0 Å². The molecule has 16 heavy (non-hydrogen) atoms. The van der Waals surface area contributed by atoms with E-state index in [1.165, 1.54) is 0 Å². The maximum Gasteiger partial charge on any atom is 0.268 e. The largest absolute Gasteiger partial charge is 0.312 e. The highest BCUT2D eigenvalue weighted by atomic mass is 16.1. The van der Waals surface area contributed by atoms with Gasteiger partial charge in [-0.25, -0.2) is 5.10 Å². The molecule has 4 heteroatoms. The summed E-state index contributed by atoms with van der Waals surface area (Å²) in [5.74, 6) is 0.922. The predicted molar refractivity (Wildman–Crippen MR) is 65.5 cm³/mol. The van der Waals surface area contributed by atoms with Gasteiger partial charge in [0.1, 0.15) is 0 Å². The topological polar surface area (TPSA) is 57.8 Å². The van der Waals surface area contributed by atoms with Crippen molar-refractivity contribution in [3.63, 3.8) is 0 Å². The summed E-state index contributed by atoms with van der Waals surface area (Å²) < 4.78 is 0. The molecule has 0 saturated carbocycles. The summed E-state index contributed by atoms with van der Waals surface area (Å²) >= 11 is 0. The molecule has 0 fully saturated rings. The van der Waals surface area contributed by atoms with E-state index in [0.717, 1.165) is 17.8 Å². The smallest absolute Gasteiger partial charge is 0.268 e. The Bertz CT molecular complexity index is 382. The first kappa shape index (κ1) is 12.9. The van der Waals surface area contributed by atoms with Crippen molar-refractivity contribution >= 4 is 0 Å². The van der Waals surface area contributed by atoms with Gasteiger partial charge in [-0.3, -0.25) is 4.79 Å². The van der Waals surface area contributed by atoms with Crippen LogP contribution in [0.5, 0.6) is 0 Å². The molecule has 0 aromatic carbocycles. The molecule has 0 aliphatic rings. The third-order valence-electron chi connectivity index (χ3n) is 2.36. The number of aromatic nitrogens is 2. The van der Waals surface area contributed by atoms with Gasteiger partial charge in [-0.15, -0.1) is 0 Å². The Labute approximate surface area is 96.5 Å². The van der Waals surface area contributed by atoms with Crippen LogP contribution in [0.15, 0.2) is 10.9 Å². The van der Waals surface area contributed by atoms with Crippen LogP contribution in [0.3, 0.4) is 0 Å². The second kappa shape index (κ2) is 5.80. The van der Waals surface area contributed by atoms with E-state index in [9.17, 15) is 4.79 Å². The fourth-order valence-corrected chi connectivity index (χ4v) is 1.39. The number of rotatable bonds is 5. The maximum atomic E-state index is 11.5. The molecule has 2 N–H and O–H groups in total. The highest BCUT2D eigenvalue weighted by Gasteiger charge is 2.06. The normalized spacial score (nSPS) is 11.4. The summed E-state index contributed by atoms with van der Waals surface area (Å²) in [5.41, 5.74) is 1.60. The van der Waals surface area contributed by atoms with Crippen LogP contribution >= 0.6 is 0 Å². The maximum absolute atomic E-state index is 11.5. The molecule has 0 aliphatic heterocycles. The van der Waals surface area contributed by atoms with Crippen LogP contribution in [0.2, 0.25) is 0 Å². The van der Waals surface area contributed by atoms with E-state index in [4.69, 9.17) is 0 Å². The lowest BCUT2D eigenvalue weighted by atomic mass is 10.1. The van der Waals surface area contributed by atoms with Crippen LogP contribution in [-0.2, 0) is 6.54 Å². The van der Waals surface area contributed by atoms with E-state index < -0.39 is 0 Å². The summed E-state index contributed by atoms with van der Waals surface area (Å²) in [5, 5.41) is 9.82. The lowest BCUT2D eigenvalue weighted by Gasteiger charge is -2.08. The van der Waals surface area contributed by atoms with Crippen LogP contribution < -0.4 is 10.9 Å². The Balaban J connectivity index is 2.71. The monoisotopic (exact) mass is 223 g/mol. The van der Waals surface area contributed by atoms with Crippen molar-refractivity contribution in [2.24, 2.45) is 5.92 Å². The second-order valence-corrected chi connectivity index (χ2v) is 4.83. The van der Waals surface area contributed by atoms with E-state index >= 15 is 0 Å². The van der Waals surface area contributed by atoms with Gasteiger partial charge in [0.15, 0.2) is 0 Å². The molecule has 0 saturated heterocycles. The zero-order valence-corrected chi connectivity index (χ0v) is 10.5. The molecule has 0 unspecified atom stereocenters. The minimum absolute atomic E-state index is 0.0966. The molecule has 0 spiro atoms. The van der Waals surface area contributed by atoms with Crippen molar-refractivity contribution in [1.82, 2.24) is 15.5 Å². The predicted octanol–water partition coefficient (Wildman–Crippen LogP) is 1.64. The van der Waals surface area contributed by atoms with Crippen LogP contribution in [0.4, 0.5) is 0 Å². The summed E-state index contributed by atoms with van der Waals surface area (Å²) in [6, 6.07) is 1.89. The van der Waals surface area contributed by atoms with Crippen LogP contribution in [0.1, 0.15) is 44.9 Å². The van der Waals surface area contributed by atoms with Gasteiger partial charge >= 0.3 is 0 Å². The van der Waals surface area contributed by atoms with E-state index in [2.05, 4.69) is 43.2 Å². The van der Waals surface area contributed by atoms with Crippen LogP contribution in [0, 0.1) is 5.92 Å². The molecule has 0 bridgehead atoms. The van der Waals surface area contributed by atoms with Gasteiger partial charge < -0.3 is 5.32 Å². The zero-order valence-electron chi connectivity index (χ0n) is 10.5. The van der Waals surface area contributed by atoms with Gasteiger partial charge in [0.2, 0.25) is 0 Å². The number of nitrogens with one attached hydrogen (secondary N) is 2. The first-order valence-electron chi connectivity index (χ1n) is 5.80. The van der Waals surface area contributed by atoms with E-state index in [1.807, 2.05) is 6.07 Å². The van der Waals surface area contributed by atoms with Gasteiger partial charge in [-0.05, 0) is 24.4 Å². The van der Waals surface area contributed by atoms with Gasteiger partial charge in [-0.1, -0.05) is 27.7 Å². The van der Waals surface area contributed by atoms with Gasteiger partial charge in [-0.2, -0.15) is 5.10 Å². The van der Waals surface area contributed by atoms with Crippen molar-refractivity contribution in [3.05, 3.63) is 27.7 Å². The molecule has 0 atom stereocenters. The Morgan fingerprint density at radius 2 is 2.06 bits per heavy atom. The first-order valence-corrected chi connectivity index (χ1v) is 5.80. The molecule has 0 amide bonds. The number of hydrogen-bond donors (Lipinski definition) is 2. The average molecular weight is 223 g/mol. The molecule has 0 aliphatic carbocycles. The molecule has 90 valence electrons. The van der Waals surface area contributed by atoms with Crippen molar-refractivity contribution in [2.45, 2.75) is 40.2 Å². The standard InChI is InChI=1S/C12H21N3O/c1-8(2)6-13-7-10-5-11(9(3)4)14-15-12(10)16/h5,8-9,13H,6-7H2,1-4H3,(H,15,16). The zero-order chi connectivity index (χ0) is 12.1. The molecule has 4 nitrogen and oxygen atoms in total. The van der Waals surface area contributed by atoms with Crippen molar-refractivity contribution < 1.29 is 0 Å². The van der Waals surface area contributed by atoms with Gasteiger partial charge in [0, 0.05) is 12.1 Å². The Morgan fingerprint density at radius 1 is 1.38 bits per heavy atom. The van der Waals surface area contributed by atoms with Crippen LogP contribution in [0.25, 0.3) is 0 Å². The fourth-order valence-electron chi connectivity index (χ4n) is 1.39. The molecule has 1 heterocycles. The number of hydrogen-bond acceptors (Lipinski definition) is 3. The summed E-state index contributed by atoms with van der Waals surface area (Å²) in [6.45, 7) is 9.93. The number of H-pyrrole nitrogens is 1. The highest BCUT2D eigenvalue weighted by Crippen LogP contribution is 2.09. The van der Waals surface area contributed by atoms with Gasteiger partial charge in [0.05, 0.1) is 5.69 Å². The second-order valence-electron chi connectivity index (χ2n) is 4.83. The number of aromatic amines is 1. The lowest BCUT2D eigenvalue weighted by molar-refractivity contribution is 0.549. The third kappa shape index (κ3) is 3.77. The van der Waals surface area contributed by atoms with E-state index in [1.54, 1.807) is 0 Å². The van der Waals surface area contributed by atoms with E-state index in [-0.39, 0.29) is 5.56 Å².